The second kappa shape index (κ2) is 9.38. The molecular weight excluding hydrogens is 348 g/mol. The van der Waals surface area contributed by atoms with E-state index in [1.807, 2.05) is 19.1 Å². The lowest BCUT2D eigenvalue weighted by Crippen LogP contribution is -2.31. The number of esters is 1. The molecule has 0 aliphatic heterocycles. The molecule has 2 rings (SSSR count). The number of nitrogens with two attached hydrogens (primary N) is 1. The van der Waals surface area contributed by atoms with E-state index in [1.165, 1.54) is 19.1 Å². The molecule has 7 heteroatoms. The molecule has 1 atom stereocenters. The molecule has 2 aromatic rings. The van der Waals surface area contributed by atoms with Crippen LogP contribution < -0.4 is 15.8 Å². The maximum atomic E-state index is 12.1. The third kappa shape index (κ3) is 5.85. The fourth-order valence-electron chi connectivity index (χ4n) is 2.29. The molecule has 0 spiro atoms. The smallest absolute Gasteiger partial charge is 0.344 e. The van der Waals surface area contributed by atoms with Crippen molar-refractivity contribution in [2.24, 2.45) is 5.73 Å². The predicted octanol–water partition coefficient (Wildman–Crippen LogP) is 2.30. The molecule has 2 amide bonds. The number of carbonyl (C=O) groups is 3. The van der Waals surface area contributed by atoms with Gasteiger partial charge >= 0.3 is 5.97 Å². The van der Waals surface area contributed by atoms with Crippen molar-refractivity contribution in [2.45, 2.75) is 26.4 Å². The Morgan fingerprint density at radius 3 is 2.37 bits per heavy atom. The molecule has 0 aliphatic carbocycles. The number of anilines is 1. The van der Waals surface area contributed by atoms with E-state index in [-0.39, 0.29) is 11.3 Å². The van der Waals surface area contributed by atoms with Gasteiger partial charge in [-0.15, -0.1) is 0 Å². The van der Waals surface area contributed by atoms with Crippen LogP contribution in [-0.2, 0) is 20.7 Å². The van der Waals surface area contributed by atoms with Crippen molar-refractivity contribution in [2.75, 3.05) is 11.9 Å². The number of ether oxygens (including phenoxy) is 2. The number of carbonyl (C=O) groups excluding carboxylic acids is 3. The Bertz CT molecular complexity index is 817. The van der Waals surface area contributed by atoms with Gasteiger partial charge in [-0.1, -0.05) is 31.2 Å². The zero-order valence-corrected chi connectivity index (χ0v) is 15.2. The van der Waals surface area contributed by atoms with Gasteiger partial charge in [-0.3, -0.25) is 9.59 Å². The van der Waals surface area contributed by atoms with Gasteiger partial charge in [0.15, 0.2) is 12.7 Å². The number of hydrogen-bond donors (Lipinski definition) is 2. The molecular formula is C20H22N2O5. The molecule has 0 fully saturated rings. The number of amides is 2. The lowest BCUT2D eigenvalue weighted by Gasteiger charge is -2.14. The minimum atomic E-state index is -1.00. The number of rotatable bonds is 8. The van der Waals surface area contributed by atoms with Crippen molar-refractivity contribution in [1.82, 2.24) is 0 Å². The molecule has 0 radical (unpaired) electrons. The monoisotopic (exact) mass is 370 g/mol. The molecule has 0 saturated carbocycles. The van der Waals surface area contributed by atoms with Crippen molar-refractivity contribution in [3.63, 3.8) is 0 Å². The van der Waals surface area contributed by atoms with Gasteiger partial charge in [0.05, 0.1) is 5.56 Å². The Kier molecular flexibility index (Phi) is 6.93. The van der Waals surface area contributed by atoms with Crippen molar-refractivity contribution < 1.29 is 23.9 Å². The highest BCUT2D eigenvalue weighted by molar-refractivity contribution is 5.96. The lowest BCUT2D eigenvalue weighted by atomic mass is 10.1. The molecule has 27 heavy (non-hydrogen) atoms. The van der Waals surface area contributed by atoms with Crippen molar-refractivity contribution in [1.29, 1.82) is 0 Å². The first-order valence-electron chi connectivity index (χ1n) is 8.51. The van der Waals surface area contributed by atoms with Crippen LogP contribution in [0, 0.1) is 0 Å². The number of benzene rings is 2. The van der Waals surface area contributed by atoms with E-state index < -0.39 is 30.5 Å². The molecule has 2 aromatic carbocycles. The molecule has 0 aliphatic rings. The van der Waals surface area contributed by atoms with Gasteiger partial charge in [0.1, 0.15) is 5.75 Å². The largest absolute Gasteiger partial charge is 0.481 e. The van der Waals surface area contributed by atoms with E-state index in [4.69, 9.17) is 15.2 Å². The van der Waals surface area contributed by atoms with Crippen molar-refractivity contribution in [3.8, 4) is 5.75 Å². The van der Waals surface area contributed by atoms with Crippen LogP contribution in [0.2, 0.25) is 0 Å². The minimum absolute atomic E-state index is 0.159. The van der Waals surface area contributed by atoms with E-state index in [0.717, 1.165) is 12.0 Å². The summed E-state index contributed by atoms with van der Waals surface area (Å²) in [4.78, 5) is 35.4. The summed E-state index contributed by atoms with van der Waals surface area (Å²) >= 11 is 0. The SMILES string of the molecule is CCc1ccc(NC(=O)[C@H](C)OC(=O)COc2ccccc2C(N)=O)cc1. The third-order valence-electron chi connectivity index (χ3n) is 3.81. The number of para-hydroxylation sites is 1. The van der Waals surface area contributed by atoms with Gasteiger partial charge < -0.3 is 20.5 Å². The topological polar surface area (TPSA) is 108 Å². The average molecular weight is 370 g/mol. The van der Waals surface area contributed by atoms with Crippen molar-refractivity contribution >= 4 is 23.5 Å². The van der Waals surface area contributed by atoms with E-state index >= 15 is 0 Å². The van der Waals surface area contributed by atoms with Gasteiger partial charge in [0.2, 0.25) is 0 Å². The molecule has 0 heterocycles. The summed E-state index contributed by atoms with van der Waals surface area (Å²) in [6, 6.07) is 13.7. The molecule has 0 unspecified atom stereocenters. The zero-order chi connectivity index (χ0) is 19.8. The quantitative estimate of drug-likeness (QED) is 0.693. The minimum Gasteiger partial charge on any atom is -0.481 e. The van der Waals surface area contributed by atoms with E-state index in [1.54, 1.807) is 24.3 Å². The van der Waals surface area contributed by atoms with Gasteiger partial charge in [0, 0.05) is 5.69 Å². The summed E-state index contributed by atoms with van der Waals surface area (Å²) in [6.45, 7) is 3.05. The summed E-state index contributed by atoms with van der Waals surface area (Å²) in [6.07, 6.45) is -0.0976. The van der Waals surface area contributed by atoms with Crippen LogP contribution in [0.1, 0.15) is 29.8 Å². The summed E-state index contributed by atoms with van der Waals surface area (Å²) in [5, 5.41) is 2.68. The van der Waals surface area contributed by atoms with Gasteiger partial charge in [-0.25, -0.2) is 4.79 Å². The summed E-state index contributed by atoms with van der Waals surface area (Å²) in [7, 11) is 0. The Balaban J connectivity index is 1.85. The van der Waals surface area contributed by atoms with E-state index in [0.29, 0.717) is 5.69 Å². The van der Waals surface area contributed by atoms with Gasteiger partial charge in [-0.2, -0.15) is 0 Å². The molecule has 0 bridgehead atoms. The second-order valence-corrected chi connectivity index (χ2v) is 5.82. The second-order valence-electron chi connectivity index (χ2n) is 5.82. The highest BCUT2D eigenvalue weighted by atomic mass is 16.6. The number of aryl methyl sites for hydroxylation is 1. The van der Waals surface area contributed by atoms with Gasteiger partial charge in [0.25, 0.3) is 11.8 Å². The highest BCUT2D eigenvalue weighted by Gasteiger charge is 2.19. The summed E-state index contributed by atoms with van der Waals surface area (Å²) in [5.41, 5.74) is 7.17. The fraction of sp³-hybridized carbons (Fsp3) is 0.250. The van der Waals surface area contributed by atoms with Crippen LogP contribution in [0.25, 0.3) is 0 Å². The normalized spacial score (nSPS) is 11.3. The first-order valence-corrected chi connectivity index (χ1v) is 8.51. The Labute approximate surface area is 157 Å². The Morgan fingerprint density at radius 1 is 1.07 bits per heavy atom. The Morgan fingerprint density at radius 2 is 1.74 bits per heavy atom. The van der Waals surface area contributed by atoms with Crippen LogP contribution >= 0.6 is 0 Å². The molecule has 0 aromatic heterocycles. The summed E-state index contributed by atoms with van der Waals surface area (Å²) in [5.74, 6) is -1.68. The van der Waals surface area contributed by atoms with Crippen LogP contribution in [0.15, 0.2) is 48.5 Å². The maximum absolute atomic E-state index is 12.1. The maximum Gasteiger partial charge on any atom is 0.344 e. The molecule has 0 saturated heterocycles. The van der Waals surface area contributed by atoms with Crippen LogP contribution in [-0.4, -0.2) is 30.5 Å². The number of hydrogen-bond acceptors (Lipinski definition) is 5. The number of nitrogens with one attached hydrogen (secondary N) is 1. The van der Waals surface area contributed by atoms with E-state index in [2.05, 4.69) is 5.32 Å². The van der Waals surface area contributed by atoms with Crippen LogP contribution in [0.3, 0.4) is 0 Å². The fourth-order valence-corrected chi connectivity index (χ4v) is 2.29. The van der Waals surface area contributed by atoms with Crippen LogP contribution in [0.5, 0.6) is 5.75 Å². The standard InChI is InChI=1S/C20H22N2O5/c1-3-14-8-10-15(11-9-14)22-20(25)13(2)27-18(23)12-26-17-7-5-4-6-16(17)19(21)24/h4-11,13H,3,12H2,1-2H3,(H2,21,24)(H,22,25)/t13-/m0/s1. The summed E-state index contributed by atoms with van der Waals surface area (Å²) < 4.78 is 10.3. The lowest BCUT2D eigenvalue weighted by molar-refractivity contribution is -0.155. The molecule has 7 nitrogen and oxygen atoms in total. The highest BCUT2D eigenvalue weighted by Crippen LogP contribution is 2.17. The molecule has 142 valence electrons. The number of primary amides is 1. The van der Waals surface area contributed by atoms with Crippen LogP contribution in [0.4, 0.5) is 5.69 Å². The first-order chi connectivity index (χ1) is 12.9. The average Bonchev–Trinajstić information content (AvgIpc) is 2.67. The zero-order valence-electron chi connectivity index (χ0n) is 15.2. The van der Waals surface area contributed by atoms with Crippen molar-refractivity contribution in [3.05, 3.63) is 59.7 Å². The molecule has 3 N–H and O–H groups in total. The Hall–Kier alpha value is -3.35. The first kappa shape index (κ1) is 20.0. The third-order valence-corrected chi connectivity index (χ3v) is 3.81. The predicted molar refractivity (Wildman–Crippen MR) is 100 cm³/mol. The van der Waals surface area contributed by atoms with Gasteiger partial charge in [-0.05, 0) is 43.2 Å². The van der Waals surface area contributed by atoms with E-state index in [9.17, 15) is 14.4 Å².